The van der Waals surface area contributed by atoms with Gasteiger partial charge in [-0.3, -0.25) is 14.5 Å². The van der Waals surface area contributed by atoms with Gasteiger partial charge in [-0.25, -0.2) is 9.78 Å². The predicted molar refractivity (Wildman–Crippen MR) is 104 cm³/mol. The van der Waals surface area contributed by atoms with Gasteiger partial charge in [-0.15, -0.1) is 0 Å². The van der Waals surface area contributed by atoms with Crippen LogP contribution in [0.2, 0.25) is 0 Å². The molecule has 0 radical (unpaired) electrons. The van der Waals surface area contributed by atoms with E-state index in [-0.39, 0.29) is 22.9 Å². The first kappa shape index (κ1) is 20.1. The Morgan fingerprint density at radius 1 is 1.39 bits per heavy atom. The van der Waals surface area contributed by atoms with Gasteiger partial charge >= 0.3 is 6.03 Å². The van der Waals surface area contributed by atoms with E-state index in [0.29, 0.717) is 18.8 Å². The summed E-state index contributed by atoms with van der Waals surface area (Å²) >= 11 is 0. The van der Waals surface area contributed by atoms with Gasteiger partial charge in [0.1, 0.15) is 12.1 Å². The molecule has 1 aliphatic heterocycles. The molecule has 1 aromatic rings. The van der Waals surface area contributed by atoms with Crippen molar-refractivity contribution in [1.29, 1.82) is 0 Å². The lowest BCUT2D eigenvalue weighted by atomic mass is 9.65. The third-order valence-corrected chi connectivity index (χ3v) is 6.45. The van der Waals surface area contributed by atoms with Crippen LogP contribution in [0.4, 0.5) is 10.6 Å². The quantitative estimate of drug-likeness (QED) is 0.672. The number of rotatable bonds is 5. The molecule has 1 spiro atoms. The molecule has 3 rings (SSSR count). The van der Waals surface area contributed by atoms with Crippen LogP contribution >= 0.6 is 0 Å². The van der Waals surface area contributed by atoms with Gasteiger partial charge in [0.2, 0.25) is 5.91 Å². The molecule has 8 nitrogen and oxygen atoms in total. The summed E-state index contributed by atoms with van der Waals surface area (Å²) in [6, 6.07) is 2.38. The molecule has 2 heterocycles. The highest BCUT2D eigenvalue weighted by molar-refractivity contribution is 6.10. The van der Waals surface area contributed by atoms with Crippen molar-refractivity contribution >= 4 is 23.7 Å². The molecule has 1 aromatic heterocycles. The molecule has 152 valence electrons. The second-order valence-corrected chi connectivity index (χ2v) is 8.44. The van der Waals surface area contributed by atoms with Crippen LogP contribution in [0, 0.1) is 11.3 Å². The van der Waals surface area contributed by atoms with Gasteiger partial charge in [-0.1, -0.05) is 27.2 Å². The molecular formula is C20H28N4O4. The normalized spacial score (nSPS) is 25.1. The number of carbonyl (C=O) groups excluding carboxylic acids is 3. The number of nitrogens with one attached hydrogen (secondary N) is 2. The van der Waals surface area contributed by atoms with Crippen LogP contribution in [-0.4, -0.2) is 44.9 Å². The fourth-order valence-corrected chi connectivity index (χ4v) is 4.15. The van der Waals surface area contributed by atoms with Crippen LogP contribution in [0.15, 0.2) is 18.3 Å². The summed E-state index contributed by atoms with van der Waals surface area (Å²) in [6.45, 7) is 6.25. The fraction of sp³-hybridized carbons (Fsp3) is 0.600. The average Bonchev–Trinajstić information content (AvgIpc) is 2.88. The second kappa shape index (κ2) is 7.41. The van der Waals surface area contributed by atoms with E-state index in [0.717, 1.165) is 24.2 Å². The third kappa shape index (κ3) is 3.68. The van der Waals surface area contributed by atoms with Crippen molar-refractivity contribution in [1.82, 2.24) is 15.2 Å². The molecule has 1 saturated carbocycles. The summed E-state index contributed by atoms with van der Waals surface area (Å²) in [5, 5.41) is 15.0. The molecule has 4 amide bonds. The van der Waals surface area contributed by atoms with E-state index < -0.39 is 24.0 Å². The number of carbonyl (C=O) groups is 3. The lowest BCUT2D eigenvalue weighted by molar-refractivity contribution is -0.135. The maximum absolute atomic E-state index is 13.0. The SMILES string of the molecule is CCC(C)(C)C1CCC2(CC1)NC(=O)N(CC(=O)Nc1ncccc1O)C2=O. The summed E-state index contributed by atoms with van der Waals surface area (Å²) in [5.41, 5.74) is -0.692. The van der Waals surface area contributed by atoms with Crippen LogP contribution in [0.5, 0.6) is 5.75 Å². The van der Waals surface area contributed by atoms with Crippen molar-refractivity contribution in [2.45, 2.75) is 58.4 Å². The van der Waals surface area contributed by atoms with Crippen LogP contribution in [-0.2, 0) is 9.59 Å². The average molecular weight is 388 g/mol. The summed E-state index contributed by atoms with van der Waals surface area (Å²) in [5.74, 6) is -0.601. The Balaban J connectivity index is 1.64. The number of nitrogens with zero attached hydrogens (tertiary/aromatic N) is 2. The minimum atomic E-state index is -0.898. The molecule has 1 saturated heterocycles. The monoisotopic (exact) mass is 388 g/mol. The van der Waals surface area contributed by atoms with E-state index in [4.69, 9.17) is 0 Å². The van der Waals surface area contributed by atoms with Gasteiger partial charge in [0.05, 0.1) is 0 Å². The Morgan fingerprint density at radius 3 is 2.68 bits per heavy atom. The number of aromatic nitrogens is 1. The van der Waals surface area contributed by atoms with E-state index in [1.54, 1.807) is 0 Å². The first-order valence-corrected chi connectivity index (χ1v) is 9.76. The molecule has 3 N–H and O–H groups in total. The Hall–Kier alpha value is -2.64. The minimum absolute atomic E-state index is 0.00317. The number of hydrogen-bond acceptors (Lipinski definition) is 5. The molecule has 1 aliphatic carbocycles. The summed E-state index contributed by atoms with van der Waals surface area (Å²) in [7, 11) is 0. The fourth-order valence-electron chi connectivity index (χ4n) is 4.15. The van der Waals surface area contributed by atoms with Gasteiger partial charge in [0, 0.05) is 6.20 Å². The zero-order valence-electron chi connectivity index (χ0n) is 16.6. The van der Waals surface area contributed by atoms with Crippen LogP contribution < -0.4 is 10.6 Å². The smallest absolute Gasteiger partial charge is 0.325 e. The molecule has 0 unspecified atom stereocenters. The van der Waals surface area contributed by atoms with Crippen LogP contribution in [0.1, 0.15) is 52.9 Å². The van der Waals surface area contributed by atoms with Crippen molar-refractivity contribution in [2.24, 2.45) is 11.3 Å². The molecule has 8 heteroatoms. The summed E-state index contributed by atoms with van der Waals surface area (Å²) < 4.78 is 0. The number of anilines is 1. The number of pyridine rings is 1. The van der Waals surface area contributed by atoms with Crippen molar-refractivity contribution in [3.63, 3.8) is 0 Å². The van der Waals surface area contributed by atoms with Gasteiger partial charge in [-0.05, 0) is 49.1 Å². The highest BCUT2D eigenvalue weighted by Crippen LogP contribution is 2.45. The Kier molecular flexibility index (Phi) is 5.32. The molecule has 0 aromatic carbocycles. The third-order valence-electron chi connectivity index (χ3n) is 6.45. The van der Waals surface area contributed by atoms with Crippen LogP contribution in [0.3, 0.4) is 0 Å². The van der Waals surface area contributed by atoms with Crippen molar-refractivity contribution in [3.05, 3.63) is 18.3 Å². The molecule has 2 fully saturated rings. The van der Waals surface area contributed by atoms with E-state index >= 15 is 0 Å². The van der Waals surface area contributed by atoms with E-state index in [1.807, 2.05) is 0 Å². The molecular weight excluding hydrogens is 360 g/mol. The van der Waals surface area contributed by atoms with E-state index in [1.165, 1.54) is 18.3 Å². The van der Waals surface area contributed by atoms with Crippen molar-refractivity contribution in [3.8, 4) is 5.75 Å². The standard InChI is InChI=1S/C20H28N4O4/c1-4-19(2,3)13-7-9-20(10-8-13)17(27)24(18(28)23-20)12-15(26)22-16-14(25)6-5-11-21-16/h5-6,11,13,25H,4,7-10,12H2,1-3H3,(H,23,28)(H,21,22,26). The number of hydrogen-bond donors (Lipinski definition) is 3. The molecule has 2 aliphatic rings. The zero-order chi connectivity index (χ0) is 20.5. The lowest BCUT2D eigenvalue weighted by Gasteiger charge is -2.42. The largest absolute Gasteiger partial charge is 0.504 e. The number of amides is 4. The second-order valence-electron chi connectivity index (χ2n) is 8.44. The first-order valence-electron chi connectivity index (χ1n) is 9.76. The molecule has 28 heavy (non-hydrogen) atoms. The Morgan fingerprint density at radius 2 is 2.07 bits per heavy atom. The lowest BCUT2D eigenvalue weighted by Crippen LogP contribution is -2.51. The molecule has 0 atom stereocenters. The predicted octanol–water partition coefficient (Wildman–Crippen LogP) is 2.64. The minimum Gasteiger partial charge on any atom is -0.504 e. The van der Waals surface area contributed by atoms with Gasteiger partial charge in [0.25, 0.3) is 5.91 Å². The van der Waals surface area contributed by atoms with Gasteiger partial charge < -0.3 is 15.7 Å². The van der Waals surface area contributed by atoms with Crippen molar-refractivity contribution in [2.75, 3.05) is 11.9 Å². The maximum Gasteiger partial charge on any atom is 0.325 e. The first-order chi connectivity index (χ1) is 13.2. The molecule has 0 bridgehead atoms. The number of aromatic hydroxyl groups is 1. The van der Waals surface area contributed by atoms with E-state index in [9.17, 15) is 19.5 Å². The summed E-state index contributed by atoms with van der Waals surface area (Å²) in [4.78, 5) is 42.5. The van der Waals surface area contributed by atoms with Gasteiger partial charge in [-0.2, -0.15) is 0 Å². The Labute approximate surface area is 164 Å². The highest BCUT2D eigenvalue weighted by Gasteiger charge is 2.53. The number of urea groups is 1. The maximum atomic E-state index is 13.0. The Bertz CT molecular complexity index is 784. The number of imide groups is 1. The van der Waals surface area contributed by atoms with Crippen LogP contribution in [0.25, 0.3) is 0 Å². The topological polar surface area (TPSA) is 112 Å². The van der Waals surface area contributed by atoms with E-state index in [2.05, 4.69) is 36.4 Å². The summed E-state index contributed by atoms with van der Waals surface area (Å²) in [6.07, 6.45) is 5.41. The van der Waals surface area contributed by atoms with Crippen molar-refractivity contribution < 1.29 is 19.5 Å². The highest BCUT2D eigenvalue weighted by atomic mass is 16.3. The van der Waals surface area contributed by atoms with Gasteiger partial charge in [0.15, 0.2) is 11.6 Å². The zero-order valence-corrected chi connectivity index (χ0v) is 16.6.